The van der Waals surface area contributed by atoms with Crippen LogP contribution in [0.3, 0.4) is 0 Å². The molecule has 0 aromatic carbocycles. The van der Waals surface area contributed by atoms with Gasteiger partial charge in [-0.25, -0.2) is 9.97 Å². The lowest BCUT2D eigenvalue weighted by molar-refractivity contribution is -0.136. The Bertz CT molecular complexity index is 611. The van der Waals surface area contributed by atoms with Crippen LogP contribution in [0.15, 0.2) is 6.20 Å². The number of hydrogen-bond donors (Lipinski definition) is 0. The third-order valence-corrected chi connectivity index (χ3v) is 5.95. The van der Waals surface area contributed by atoms with Gasteiger partial charge >= 0.3 is 0 Å². The molecule has 4 rings (SSSR count). The fourth-order valence-electron chi connectivity index (χ4n) is 4.49. The van der Waals surface area contributed by atoms with Crippen molar-refractivity contribution in [1.29, 1.82) is 0 Å². The maximum atomic E-state index is 12.7. The van der Waals surface area contributed by atoms with Crippen molar-refractivity contribution in [2.45, 2.75) is 57.4 Å². The van der Waals surface area contributed by atoms with E-state index in [-0.39, 0.29) is 5.92 Å². The second-order valence-electron chi connectivity index (χ2n) is 7.79. The summed E-state index contributed by atoms with van der Waals surface area (Å²) in [4.78, 5) is 26.7. The summed E-state index contributed by atoms with van der Waals surface area (Å²) < 4.78 is 0. The minimum absolute atomic E-state index is 0.281. The van der Waals surface area contributed by atoms with Gasteiger partial charge in [-0.15, -0.1) is 0 Å². The predicted molar refractivity (Wildman–Crippen MR) is 92.6 cm³/mol. The van der Waals surface area contributed by atoms with Crippen LogP contribution in [0.25, 0.3) is 0 Å². The number of hydrogen-bond acceptors (Lipinski definition) is 4. The van der Waals surface area contributed by atoms with E-state index in [1.54, 1.807) is 0 Å². The van der Waals surface area contributed by atoms with Crippen LogP contribution in [0, 0.1) is 5.92 Å². The number of amides is 1. The Kier molecular flexibility index (Phi) is 4.53. The molecule has 1 aromatic rings. The van der Waals surface area contributed by atoms with Crippen LogP contribution in [0.1, 0.15) is 61.5 Å². The molecule has 130 valence electrons. The van der Waals surface area contributed by atoms with E-state index in [4.69, 9.17) is 4.98 Å². The van der Waals surface area contributed by atoms with Crippen molar-refractivity contribution >= 4 is 5.91 Å². The Balaban J connectivity index is 1.47. The number of carbonyl (C=O) groups is 1. The topological polar surface area (TPSA) is 49.3 Å². The molecule has 1 saturated heterocycles. The number of rotatable bonds is 2. The first-order valence-corrected chi connectivity index (χ1v) is 9.53. The standard InChI is InChI=1S/C19H28N4O/c1-22-10-8-17-16(12-22)11-20-18(21-17)15-7-4-9-23(13-15)19(24)14-5-2-3-6-14/h11,14-15H,2-10,12-13H2,1H3/t15-/m1/s1. The molecule has 0 N–H and O–H groups in total. The van der Waals surface area contributed by atoms with E-state index in [9.17, 15) is 4.79 Å². The average Bonchev–Trinajstić information content (AvgIpc) is 3.15. The van der Waals surface area contributed by atoms with E-state index in [0.717, 1.165) is 64.1 Å². The second kappa shape index (κ2) is 6.79. The van der Waals surface area contributed by atoms with E-state index < -0.39 is 0 Å². The van der Waals surface area contributed by atoms with Crippen LogP contribution < -0.4 is 0 Å². The highest BCUT2D eigenvalue weighted by Crippen LogP contribution is 2.31. The molecule has 24 heavy (non-hydrogen) atoms. The predicted octanol–water partition coefficient (Wildman–Crippen LogP) is 2.36. The van der Waals surface area contributed by atoms with Gasteiger partial charge in [-0.05, 0) is 32.7 Å². The van der Waals surface area contributed by atoms with Gasteiger partial charge in [-0.1, -0.05) is 12.8 Å². The number of fused-ring (bicyclic) bond motifs is 1. The van der Waals surface area contributed by atoms with Gasteiger partial charge in [0.2, 0.25) is 5.91 Å². The highest BCUT2D eigenvalue weighted by Gasteiger charge is 2.32. The summed E-state index contributed by atoms with van der Waals surface area (Å²) in [6.45, 7) is 3.75. The van der Waals surface area contributed by atoms with Crippen molar-refractivity contribution in [2.75, 3.05) is 26.7 Å². The van der Waals surface area contributed by atoms with Crippen molar-refractivity contribution in [3.05, 3.63) is 23.3 Å². The largest absolute Gasteiger partial charge is 0.342 e. The van der Waals surface area contributed by atoms with Crippen molar-refractivity contribution in [3.8, 4) is 0 Å². The molecule has 0 unspecified atom stereocenters. The molecule has 0 radical (unpaired) electrons. The Morgan fingerprint density at radius 1 is 1.17 bits per heavy atom. The Hall–Kier alpha value is -1.49. The van der Waals surface area contributed by atoms with Crippen LogP contribution in [-0.4, -0.2) is 52.4 Å². The molecule has 1 aliphatic carbocycles. The minimum atomic E-state index is 0.281. The van der Waals surface area contributed by atoms with Crippen molar-refractivity contribution in [2.24, 2.45) is 5.92 Å². The van der Waals surface area contributed by atoms with Gasteiger partial charge in [0.25, 0.3) is 0 Å². The van der Waals surface area contributed by atoms with Gasteiger partial charge in [0.05, 0.1) is 0 Å². The van der Waals surface area contributed by atoms with Crippen LogP contribution in [-0.2, 0) is 17.8 Å². The molecule has 3 heterocycles. The fourth-order valence-corrected chi connectivity index (χ4v) is 4.49. The number of likely N-dealkylation sites (tertiary alicyclic amines) is 1. The van der Waals surface area contributed by atoms with E-state index in [1.807, 2.05) is 6.20 Å². The minimum Gasteiger partial charge on any atom is -0.342 e. The van der Waals surface area contributed by atoms with E-state index in [0.29, 0.717) is 11.8 Å². The Morgan fingerprint density at radius 3 is 2.83 bits per heavy atom. The zero-order chi connectivity index (χ0) is 16.5. The Morgan fingerprint density at radius 2 is 2.00 bits per heavy atom. The molecule has 1 aromatic heterocycles. The molecular weight excluding hydrogens is 300 g/mol. The number of nitrogens with zero attached hydrogens (tertiary/aromatic N) is 4. The lowest BCUT2D eigenvalue weighted by Gasteiger charge is -2.34. The van der Waals surface area contributed by atoms with Gasteiger partial charge in [-0.3, -0.25) is 4.79 Å². The first-order valence-electron chi connectivity index (χ1n) is 9.53. The maximum absolute atomic E-state index is 12.7. The van der Waals surface area contributed by atoms with Gasteiger partial charge in [0, 0.05) is 61.9 Å². The summed E-state index contributed by atoms with van der Waals surface area (Å²) in [5, 5.41) is 0. The lowest BCUT2D eigenvalue weighted by atomic mass is 9.95. The second-order valence-corrected chi connectivity index (χ2v) is 7.79. The average molecular weight is 328 g/mol. The molecule has 2 fully saturated rings. The lowest BCUT2D eigenvalue weighted by Crippen LogP contribution is -2.42. The monoisotopic (exact) mass is 328 g/mol. The summed E-state index contributed by atoms with van der Waals surface area (Å²) in [7, 11) is 2.14. The maximum Gasteiger partial charge on any atom is 0.225 e. The molecule has 5 nitrogen and oxygen atoms in total. The highest BCUT2D eigenvalue weighted by atomic mass is 16.2. The highest BCUT2D eigenvalue weighted by molar-refractivity contribution is 5.79. The van der Waals surface area contributed by atoms with Crippen LogP contribution in [0.2, 0.25) is 0 Å². The smallest absolute Gasteiger partial charge is 0.225 e. The summed E-state index contributed by atoms with van der Waals surface area (Å²) in [5.41, 5.74) is 2.49. The van der Waals surface area contributed by atoms with Gasteiger partial charge < -0.3 is 9.80 Å². The quantitative estimate of drug-likeness (QED) is 0.836. The van der Waals surface area contributed by atoms with Gasteiger partial charge in [0.1, 0.15) is 5.82 Å². The molecule has 0 bridgehead atoms. The third kappa shape index (κ3) is 3.18. The van der Waals surface area contributed by atoms with Gasteiger partial charge in [0.15, 0.2) is 0 Å². The SMILES string of the molecule is CN1CCc2nc([C@@H]3CCCN(C(=O)C4CCCC4)C3)ncc2C1. The summed E-state index contributed by atoms with van der Waals surface area (Å²) >= 11 is 0. The van der Waals surface area contributed by atoms with Crippen molar-refractivity contribution in [3.63, 3.8) is 0 Å². The molecule has 5 heteroatoms. The molecule has 1 atom stereocenters. The Labute approximate surface area is 144 Å². The molecule has 0 spiro atoms. The molecule has 2 aliphatic heterocycles. The summed E-state index contributed by atoms with van der Waals surface area (Å²) in [6, 6.07) is 0. The first-order chi connectivity index (χ1) is 11.7. The summed E-state index contributed by atoms with van der Waals surface area (Å²) in [5.74, 6) is 1.94. The zero-order valence-electron chi connectivity index (χ0n) is 14.7. The number of piperidine rings is 1. The van der Waals surface area contributed by atoms with E-state index in [2.05, 4.69) is 21.8 Å². The van der Waals surface area contributed by atoms with Crippen LogP contribution in [0.4, 0.5) is 0 Å². The summed E-state index contributed by atoms with van der Waals surface area (Å²) in [6.07, 6.45) is 9.82. The normalized spacial score (nSPS) is 25.7. The van der Waals surface area contributed by atoms with Crippen molar-refractivity contribution < 1.29 is 4.79 Å². The van der Waals surface area contributed by atoms with Crippen LogP contribution >= 0.6 is 0 Å². The number of likely N-dealkylation sites (N-methyl/N-ethyl adjacent to an activating group) is 1. The number of carbonyl (C=O) groups excluding carboxylic acids is 1. The third-order valence-electron chi connectivity index (χ3n) is 5.95. The molecule has 1 saturated carbocycles. The molecular formula is C19H28N4O. The fraction of sp³-hybridized carbons (Fsp3) is 0.737. The van der Waals surface area contributed by atoms with Crippen molar-refractivity contribution in [1.82, 2.24) is 19.8 Å². The number of aromatic nitrogens is 2. The molecule has 3 aliphatic rings. The van der Waals surface area contributed by atoms with E-state index in [1.165, 1.54) is 24.1 Å². The van der Waals surface area contributed by atoms with Gasteiger partial charge in [-0.2, -0.15) is 0 Å². The first kappa shape index (κ1) is 16.0. The van der Waals surface area contributed by atoms with Crippen LogP contribution in [0.5, 0.6) is 0 Å². The zero-order valence-corrected chi connectivity index (χ0v) is 14.7. The molecule has 1 amide bonds. The van der Waals surface area contributed by atoms with E-state index >= 15 is 0 Å².